The highest BCUT2D eigenvalue weighted by molar-refractivity contribution is 6.30. The van der Waals surface area contributed by atoms with E-state index in [1.165, 1.54) is 11.1 Å². The van der Waals surface area contributed by atoms with Crippen LogP contribution in [0.25, 0.3) is 0 Å². The van der Waals surface area contributed by atoms with Crippen LogP contribution in [-0.4, -0.2) is 5.38 Å². The molecule has 0 heterocycles. The Bertz CT molecular complexity index is 485. The zero-order chi connectivity index (χ0) is 14.7. The third kappa shape index (κ3) is 3.51. The minimum atomic E-state index is 0.0937. The van der Waals surface area contributed by atoms with E-state index in [-0.39, 0.29) is 5.38 Å². The summed E-state index contributed by atoms with van der Waals surface area (Å²) in [6.45, 7) is 4.37. The lowest BCUT2D eigenvalue weighted by Gasteiger charge is -2.28. The van der Waals surface area contributed by atoms with Gasteiger partial charge in [-0.1, -0.05) is 36.8 Å². The van der Waals surface area contributed by atoms with Gasteiger partial charge in [-0.15, -0.1) is 11.6 Å². The van der Waals surface area contributed by atoms with E-state index >= 15 is 0 Å². The summed E-state index contributed by atoms with van der Waals surface area (Å²) >= 11 is 12.9. The molecule has 3 unspecified atom stereocenters. The molecule has 0 aromatic carbocycles. The first-order valence-corrected chi connectivity index (χ1v) is 8.19. The first kappa shape index (κ1) is 15.7. The van der Waals surface area contributed by atoms with Crippen molar-refractivity contribution in [2.75, 3.05) is 0 Å². The predicted octanol–water partition coefficient (Wildman–Crippen LogP) is 5.27. The molecule has 3 heteroatoms. The molecule has 110 valence electrons. The second kappa shape index (κ2) is 6.87. The van der Waals surface area contributed by atoms with Crippen molar-refractivity contribution in [3.05, 3.63) is 46.2 Å². The minimum Gasteiger partial charge on any atom is -0.399 e. The molecule has 1 nitrogen and oxygen atoms in total. The van der Waals surface area contributed by atoms with E-state index in [0.717, 1.165) is 36.4 Å². The average molecular weight is 312 g/mol. The summed E-state index contributed by atoms with van der Waals surface area (Å²) in [4.78, 5) is 0. The predicted molar refractivity (Wildman–Crippen MR) is 88.8 cm³/mol. The summed E-state index contributed by atoms with van der Waals surface area (Å²) in [6.07, 6.45) is 12.4. The van der Waals surface area contributed by atoms with Crippen LogP contribution in [0.15, 0.2) is 46.2 Å². The van der Waals surface area contributed by atoms with Crippen molar-refractivity contribution in [3.8, 4) is 0 Å². The van der Waals surface area contributed by atoms with Crippen LogP contribution in [0.3, 0.4) is 0 Å². The van der Waals surface area contributed by atoms with Crippen LogP contribution >= 0.6 is 23.2 Å². The van der Waals surface area contributed by atoms with E-state index in [4.69, 9.17) is 28.9 Å². The van der Waals surface area contributed by atoms with Gasteiger partial charge in [0.2, 0.25) is 0 Å². The molecule has 0 aliphatic heterocycles. The third-order valence-electron chi connectivity index (χ3n) is 4.28. The molecule has 3 atom stereocenters. The number of rotatable bonds is 3. The molecule has 0 aromatic heterocycles. The number of nitrogens with two attached hydrogens (primary N) is 1. The molecular weight excluding hydrogens is 289 g/mol. The maximum atomic E-state index is 6.58. The van der Waals surface area contributed by atoms with Crippen molar-refractivity contribution in [2.45, 2.75) is 44.9 Å². The van der Waals surface area contributed by atoms with Crippen molar-refractivity contribution in [1.29, 1.82) is 0 Å². The summed E-state index contributed by atoms with van der Waals surface area (Å²) in [6, 6.07) is 0. The molecule has 2 N–H and O–H groups in total. The van der Waals surface area contributed by atoms with Gasteiger partial charge < -0.3 is 5.73 Å². The fourth-order valence-corrected chi connectivity index (χ4v) is 3.92. The summed E-state index contributed by atoms with van der Waals surface area (Å²) in [7, 11) is 0. The smallest absolute Gasteiger partial charge is 0.0525 e. The minimum absolute atomic E-state index is 0.0937. The fourth-order valence-electron chi connectivity index (χ4n) is 3.22. The molecule has 20 heavy (non-hydrogen) atoms. The van der Waals surface area contributed by atoms with Gasteiger partial charge in [-0.3, -0.25) is 0 Å². The van der Waals surface area contributed by atoms with Crippen molar-refractivity contribution in [1.82, 2.24) is 0 Å². The maximum absolute atomic E-state index is 6.58. The Hall–Kier alpha value is -0.660. The van der Waals surface area contributed by atoms with E-state index in [9.17, 15) is 0 Å². The van der Waals surface area contributed by atoms with E-state index < -0.39 is 0 Å². The maximum Gasteiger partial charge on any atom is 0.0525 e. The zero-order valence-corrected chi connectivity index (χ0v) is 13.7. The molecule has 2 aliphatic carbocycles. The second-order valence-electron chi connectivity index (χ2n) is 5.70. The van der Waals surface area contributed by atoms with E-state index in [0.29, 0.717) is 11.8 Å². The van der Waals surface area contributed by atoms with Gasteiger partial charge in [0, 0.05) is 10.7 Å². The molecule has 0 fully saturated rings. The van der Waals surface area contributed by atoms with Crippen molar-refractivity contribution >= 4 is 23.2 Å². The molecule has 2 aliphatic rings. The van der Waals surface area contributed by atoms with E-state index in [1.807, 2.05) is 6.08 Å². The molecular formula is C17H23Cl2N. The van der Waals surface area contributed by atoms with E-state index in [1.54, 1.807) is 0 Å². The van der Waals surface area contributed by atoms with Crippen LogP contribution in [-0.2, 0) is 0 Å². The van der Waals surface area contributed by atoms with E-state index in [2.05, 4.69) is 32.1 Å². The van der Waals surface area contributed by atoms with Gasteiger partial charge in [0.05, 0.1) is 5.38 Å². The van der Waals surface area contributed by atoms with Crippen molar-refractivity contribution < 1.29 is 0 Å². The van der Waals surface area contributed by atoms with Gasteiger partial charge in [-0.05, 0) is 61.7 Å². The van der Waals surface area contributed by atoms with Gasteiger partial charge in [0.25, 0.3) is 0 Å². The van der Waals surface area contributed by atoms with Crippen molar-refractivity contribution in [3.63, 3.8) is 0 Å². The first-order chi connectivity index (χ1) is 9.52. The molecule has 0 saturated carbocycles. The van der Waals surface area contributed by atoms with Gasteiger partial charge in [-0.25, -0.2) is 0 Å². The standard InChI is InChI=1S/C17H23Cl2N/c1-3-15(12-4-7-14(20)8-5-12)17-11(2)10-13(18)6-9-16(17)19/h4,7-8,10,12-13,15H,3,5-6,9,20H2,1-2H3. The summed E-state index contributed by atoms with van der Waals surface area (Å²) < 4.78 is 0. The summed E-state index contributed by atoms with van der Waals surface area (Å²) in [5, 5.41) is 1.08. The Morgan fingerprint density at radius 1 is 1.45 bits per heavy atom. The highest BCUT2D eigenvalue weighted by atomic mass is 35.5. The highest BCUT2D eigenvalue weighted by Gasteiger charge is 2.27. The normalized spacial score (nSPS) is 28.8. The molecule has 0 spiro atoms. The Morgan fingerprint density at radius 2 is 2.20 bits per heavy atom. The van der Waals surface area contributed by atoms with Crippen LogP contribution in [0, 0.1) is 11.8 Å². The lowest BCUT2D eigenvalue weighted by molar-refractivity contribution is 0.441. The largest absolute Gasteiger partial charge is 0.399 e. The average Bonchev–Trinajstić information content (AvgIpc) is 2.54. The Kier molecular flexibility index (Phi) is 5.40. The van der Waals surface area contributed by atoms with Gasteiger partial charge in [0.15, 0.2) is 0 Å². The Morgan fingerprint density at radius 3 is 2.80 bits per heavy atom. The zero-order valence-electron chi connectivity index (χ0n) is 12.2. The van der Waals surface area contributed by atoms with Crippen molar-refractivity contribution in [2.24, 2.45) is 17.6 Å². The lowest BCUT2D eigenvalue weighted by Crippen LogP contribution is -2.18. The van der Waals surface area contributed by atoms with Crippen LogP contribution in [0.2, 0.25) is 0 Å². The topological polar surface area (TPSA) is 26.0 Å². The SMILES string of the molecule is CCC(C1=C(Cl)CCC(Cl)C=C1C)C1C=CC(N)=CC1. The highest BCUT2D eigenvalue weighted by Crippen LogP contribution is 2.40. The second-order valence-corrected chi connectivity index (χ2v) is 6.72. The number of halogens is 2. The number of hydrogen-bond donors (Lipinski definition) is 1. The Labute approximate surface area is 132 Å². The number of allylic oxidation sites excluding steroid dienone is 7. The Balaban J connectivity index is 2.30. The third-order valence-corrected chi connectivity index (χ3v) is 5.01. The van der Waals surface area contributed by atoms with Gasteiger partial charge in [-0.2, -0.15) is 0 Å². The molecule has 2 rings (SSSR count). The first-order valence-electron chi connectivity index (χ1n) is 7.38. The summed E-state index contributed by atoms with van der Waals surface area (Å²) in [5.74, 6) is 0.924. The van der Waals surface area contributed by atoms with Crippen LogP contribution in [0.1, 0.15) is 39.5 Å². The lowest BCUT2D eigenvalue weighted by atomic mass is 9.77. The molecule has 0 bridgehead atoms. The molecule has 0 saturated heterocycles. The van der Waals surface area contributed by atoms with Gasteiger partial charge in [0.1, 0.15) is 0 Å². The fraction of sp³-hybridized carbons (Fsp3) is 0.529. The molecule has 0 aromatic rings. The quantitative estimate of drug-likeness (QED) is 0.706. The molecule has 0 amide bonds. The molecule has 0 radical (unpaired) electrons. The summed E-state index contributed by atoms with van der Waals surface area (Å²) in [5.41, 5.74) is 9.24. The van der Waals surface area contributed by atoms with Crippen LogP contribution in [0.5, 0.6) is 0 Å². The number of alkyl halides is 1. The van der Waals surface area contributed by atoms with Gasteiger partial charge >= 0.3 is 0 Å². The monoisotopic (exact) mass is 311 g/mol. The van der Waals surface area contributed by atoms with Crippen LogP contribution in [0.4, 0.5) is 0 Å². The van der Waals surface area contributed by atoms with Crippen LogP contribution < -0.4 is 5.73 Å². The number of hydrogen-bond acceptors (Lipinski definition) is 1.